The summed E-state index contributed by atoms with van der Waals surface area (Å²) in [6, 6.07) is 0. The van der Waals surface area contributed by atoms with E-state index in [4.69, 9.17) is 14.9 Å². The van der Waals surface area contributed by atoms with Crippen LogP contribution in [-0.4, -0.2) is 87.2 Å². The molecule has 0 aliphatic heterocycles. The molecule has 0 rings (SSSR count). The molecule has 0 aromatic rings. The van der Waals surface area contributed by atoms with Crippen LogP contribution in [0.4, 0.5) is 0 Å². The van der Waals surface area contributed by atoms with Gasteiger partial charge in [-0.15, -0.1) is 0 Å². The SMILES string of the molecule is O=P(O)(O)OCCO.[NaH].[NaH]. The van der Waals surface area contributed by atoms with Crippen LogP contribution >= 0.6 is 7.82 Å². The van der Waals surface area contributed by atoms with Crippen LogP contribution in [0.25, 0.3) is 0 Å². The van der Waals surface area contributed by atoms with E-state index in [9.17, 15) is 4.57 Å². The fourth-order valence-corrected chi connectivity index (χ4v) is 0.479. The Balaban J connectivity index is -0.000000245. The maximum atomic E-state index is 9.75. The molecule has 0 aromatic carbocycles. The van der Waals surface area contributed by atoms with Crippen molar-refractivity contribution in [3.63, 3.8) is 0 Å². The number of hydrogen-bond acceptors (Lipinski definition) is 3. The van der Waals surface area contributed by atoms with Crippen molar-refractivity contribution in [2.45, 2.75) is 0 Å². The van der Waals surface area contributed by atoms with Crippen molar-refractivity contribution in [1.82, 2.24) is 0 Å². The van der Waals surface area contributed by atoms with Crippen molar-refractivity contribution >= 4 is 66.9 Å². The third kappa shape index (κ3) is 16.6. The number of phosphoric ester groups is 1. The average molecular weight is 190 g/mol. The zero-order valence-corrected chi connectivity index (χ0v) is 4.91. The van der Waals surface area contributed by atoms with Crippen LogP contribution in [0.3, 0.4) is 0 Å². The Labute approximate surface area is 103 Å². The second kappa shape index (κ2) is 9.16. The summed E-state index contributed by atoms with van der Waals surface area (Å²) in [5.74, 6) is 0. The van der Waals surface area contributed by atoms with Crippen LogP contribution < -0.4 is 0 Å². The van der Waals surface area contributed by atoms with E-state index in [1.54, 1.807) is 0 Å². The van der Waals surface area contributed by atoms with Gasteiger partial charge in [0.05, 0.1) is 13.2 Å². The summed E-state index contributed by atoms with van der Waals surface area (Å²) in [6.45, 7) is -0.713. The molecular formula is C2H9Na2O5P. The first-order valence-electron chi connectivity index (χ1n) is 1.87. The van der Waals surface area contributed by atoms with E-state index < -0.39 is 7.82 Å². The van der Waals surface area contributed by atoms with Crippen LogP contribution in [0, 0.1) is 0 Å². The van der Waals surface area contributed by atoms with Crippen LogP contribution in [0.15, 0.2) is 0 Å². The maximum absolute atomic E-state index is 9.75. The van der Waals surface area contributed by atoms with Crippen LogP contribution in [0.5, 0.6) is 0 Å². The van der Waals surface area contributed by atoms with Gasteiger partial charge in [-0.05, 0) is 0 Å². The third-order valence-corrected chi connectivity index (χ3v) is 0.870. The van der Waals surface area contributed by atoms with Gasteiger partial charge in [0, 0.05) is 0 Å². The van der Waals surface area contributed by atoms with E-state index in [0.29, 0.717) is 0 Å². The van der Waals surface area contributed by atoms with E-state index in [1.807, 2.05) is 0 Å². The van der Waals surface area contributed by atoms with E-state index in [2.05, 4.69) is 4.52 Å². The van der Waals surface area contributed by atoms with Gasteiger partial charge in [-0.3, -0.25) is 4.52 Å². The second-order valence-corrected chi connectivity index (χ2v) is 2.29. The Hall–Kier alpha value is 2.07. The molecule has 0 atom stereocenters. The summed E-state index contributed by atoms with van der Waals surface area (Å²) >= 11 is 0. The van der Waals surface area contributed by atoms with Gasteiger partial charge in [-0.2, -0.15) is 0 Å². The van der Waals surface area contributed by atoms with Crippen molar-refractivity contribution < 1.29 is 24.0 Å². The van der Waals surface area contributed by atoms with Crippen molar-refractivity contribution in [3.8, 4) is 0 Å². The Morgan fingerprint density at radius 1 is 1.30 bits per heavy atom. The first kappa shape index (κ1) is 18.0. The molecular weight excluding hydrogens is 181 g/mol. The molecule has 0 bridgehead atoms. The Kier molecular flexibility index (Phi) is 16.5. The predicted molar refractivity (Wildman–Crippen MR) is 39.4 cm³/mol. The topological polar surface area (TPSA) is 87.0 Å². The monoisotopic (exact) mass is 190 g/mol. The second-order valence-electron chi connectivity index (χ2n) is 1.05. The molecule has 0 saturated heterocycles. The van der Waals surface area contributed by atoms with Gasteiger partial charge in [-0.1, -0.05) is 0 Å². The first-order valence-corrected chi connectivity index (χ1v) is 3.40. The number of aliphatic hydroxyl groups excluding tert-OH is 1. The van der Waals surface area contributed by atoms with Crippen molar-refractivity contribution in [2.24, 2.45) is 0 Å². The standard InChI is InChI=1S/C2H7O5P.2Na.2H/c3-1-2-7-8(4,5)6;;;;/h3H,1-2H2,(H2,4,5,6);;;;. The van der Waals surface area contributed by atoms with Gasteiger partial charge in [0.2, 0.25) is 0 Å². The van der Waals surface area contributed by atoms with E-state index in [0.717, 1.165) is 0 Å². The van der Waals surface area contributed by atoms with Gasteiger partial charge >= 0.3 is 66.9 Å². The quantitative estimate of drug-likeness (QED) is 0.347. The molecule has 0 radical (unpaired) electrons. The molecule has 5 nitrogen and oxygen atoms in total. The minimum absolute atomic E-state index is 0. The first-order chi connectivity index (χ1) is 3.56. The zero-order chi connectivity index (χ0) is 6.62. The zero-order valence-electron chi connectivity index (χ0n) is 4.02. The van der Waals surface area contributed by atoms with E-state index in [1.165, 1.54) is 0 Å². The van der Waals surface area contributed by atoms with Gasteiger partial charge in [0.1, 0.15) is 0 Å². The summed E-state index contributed by atoms with van der Waals surface area (Å²) in [4.78, 5) is 15.9. The van der Waals surface area contributed by atoms with Gasteiger partial charge < -0.3 is 14.9 Å². The van der Waals surface area contributed by atoms with Gasteiger partial charge in [0.15, 0.2) is 0 Å². The molecule has 10 heavy (non-hydrogen) atoms. The predicted octanol–water partition coefficient (Wildman–Crippen LogP) is -2.21. The molecule has 0 heterocycles. The molecule has 0 fully saturated rings. The summed E-state index contributed by atoms with van der Waals surface area (Å²) in [6.07, 6.45) is 0. The molecule has 0 aliphatic carbocycles. The van der Waals surface area contributed by atoms with Crippen molar-refractivity contribution in [1.29, 1.82) is 0 Å². The third-order valence-electron chi connectivity index (χ3n) is 0.351. The molecule has 3 N–H and O–H groups in total. The average Bonchev–Trinajstić information content (AvgIpc) is 1.59. The number of rotatable bonds is 3. The molecule has 0 spiro atoms. The van der Waals surface area contributed by atoms with Gasteiger partial charge in [-0.25, -0.2) is 4.57 Å². The molecule has 0 amide bonds. The summed E-state index contributed by atoms with van der Waals surface area (Å²) in [7, 11) is -4.34. The number of phosphoric acid groups is 1. The Bertz CT molecular complexity index is 102. The Morgan fingerprint density at radius 2 is 1.70 bits per heavy atom. The van der Waals surface area contributed by atoms with Crippen LogP contribution in [-0.2, 0) is 9.09 Å². The molecule has 54 valence electrons. The summed E-state index contributed by atoms with van der Waals surface area (Å²) in [5, 5.41) is 7.96. The Morgan fingerprint density at radius 3 is 1.80 bits per heavy atom. The van der Waals surface area contributed by atoms with E-state index in [-0.39, 0.29) is 72.3 Å². The van der Waals surface area contributed by atoms with E-state index >= 15 is 0 Å². The molecule has 0 aromatic heterocycles. The normalized spacial score (nSPS) is 9.50. The van der Waals surface area contributed by atoms with Crippen molar-refractivity contribution in [3.05, 3.63) is 0 Å². The fourth-order valence-electron chi connectivity index (χ4n) is 0.160. The summed E-state index contributed by atoms with van der Waals surface area (Å²) < 4.78 is 13.5. The van der Waals surface area contributed by atoms with Gasteiger partial charge in [0.25, 0.3) is 0 Å². The van der Waals surface area contributed by atoms with Crippen LogP contribution in [0.2, 0.25) is 0 Å². The molecule has 0 aliphatic rings. The fraction of sp³-hybridized carbons (Fsp3) is 1.00. The summed E-state index contributed by atoms with van der Waals surface area (Å²) in [5.41, 5.74) is 0. The molecule has 0 unspecified atom stereocenters. The number of hydrogen-bond donors (Lipinski definition) is 3. The molecule has 8 heteroatoms. The molecule has 0 saturated carbocycles. The number of aliphatic hydroxyl groups is 1. The minimum atomic E-state index is -4.34. The van der Waals surface area contributed by atoms with Crippen LogP contribution in [0.1, 0.15) is 0 Å². The van der Waals surface area contributed by atoms with Crippen molar-refractivity contribution in [2.75, 3.05) is 13.2 Å².